The Bertz CT molecular complexity index is 1340. The summed E-state index contributed by atoms with van der Waals surface area (Å²) >= 11 is 12.1. The molecule has 0 atom stereocenters. The van der Waals surface area contributed by atoms with Crippen LogP contribution in [0.3, 0.4) is 0 Å². The summed E-state index contributed by atoms with van der Waals surface area (Å²) < 4.78 is 11.9. The van der Waals surface area contributed by atoms with Gasteiger partial charge in [0, 0.05) is 25.2 Å². The van der Waals surface area contributed by atoms with Gasteiger partial charge in [-0.15, -0.1) is 0 Å². The molecule has 2 aliphatic heterocycles. The fourth-order valence-corrected chi connectivity index (χ4v) is 4.20. The van der Waals surface area contributed by atoms with Gasteiger partial charge >= 0.3 is 0 Å². The molecule has 0 saturated carbocycles. The Labute approximate surface area is 198 Å². The van der Waals surface area contributed by atoms with Crippen molar-refractivity contribution in [2.45, 2.75) is 13.1 Å². The molecular weight excluding hydrogens is 467 g/mol. The van der Waals surface area contributed by atoms with Crippen LogP contribution in [-0.2, 0) is 13.1 Å². The molecule has 0 aliphatic carbocycles. The molecule has 0 fully saturated rings. The Hall–Kier alpha value is -3.39. The Morgan fingerprint density at radius 3 is 2.73 bits per heavy atom. The van der Waals surface area contributed by atoms with E-state index in [1.54, 1.807) is 30.3 Å². The normalized spacial score (nSPS) is 16.2. The van der Waals surface area contributed by atoms with Crippen LogP contribution in [0.25, 0.3) is 6.08 Å². The van der Waals surface area contributed by atoms with Gasteiger partial charge in [0.15, 0.2) is 5.76 Å². The van der Waals surface area contributed by atoms with E-state index in [1.807, 2.05) is 12.1 Å². The number of nitro benzene ring substituents is 1. The molecule has 5 rings (SSSR count). The quantitative estimate of drug-likeness (QED) is 0.262. The number of rotatable bonds is 4. The molecule has 0 spiro atoms. The zero-order valence-corrected chi connectivity index (χ0v) is 18.6. The largest absolute Gasteiger partial charge is 0.478 e. The number of carbonyl (C=O) groups excluding carboxylic acids is 1. The predicted octanol–water partition coefficient (Wildman–Crippen LogP) is 5.87. The third-order valence-electron chi connectivity index (χ3n) is 5.45. The molecular formula is C24H16Cl2N2O5. The minimum absolute atomic E-state index is 0.0592. The molecule has 0 unspecified atom stereocenters. The van der Waals surface area contributed by atoms with E-state index in [2.05, 4.69) is 4.90 Å². The molecule has 0 amide bonds. The highest BCUT2D eigenvalue weighted by Gasteiger charge is 2.33. The first-order valence-corrected chi connectivity index (χ1v) is 10.8. The number of fused-ring (bicyclic) bond motifs is 3. The average Bonchev–Trinajstić information content (AvgIpc) is 3.12. The van der Waals surface area contributed by atoms with Gasteiger partial charge in [0.2, 0.25) is 5.78 Å². The third-order valence-corrected chi connectivity index (χ3v) is 6.19. The number of nitrogens with zero attached hydrogens (tertiary/aromatic N) is 2. The van der Waals surface area contributed by atoms with Crippen LogP contribution < -0.4 is 9.47 Å². The highest BCUT2D eigenvalue weighted by atomic mass is 35.5. The molecule has 2 heterocycles. The summed E-state index contributed by atoms with van der Waals surface area (Å²) in [5.41, 5.74) is 2.63. The Balaban J connectivity index is 1.41. The summed E-state index contributed by atoms with van der Waals surface area (Å²) in [7, 11) is 0. The van der Waals surface area contributed by atoms with E-state index in [-0.39, 0.29) is 17.2 Å². The van der Waals surface area contributed by atoms with Crippen LogP contribution in [0.15, 0.2) is 60.4 Å². The number of ketones is 1. The Morgan fingerprint density at radius 1 is 1.09 bits per heavy atom. The number of allylic oxidation sites excluding steroid dienone is 1. The number of benzene rings is 3. The first-order chi connectivity index (χ1) is 15.9. The molecule has 33 heavy (non-hydrogen) atoms. The third kappa shape index (κ3) is 4.18. The van der Waals surface area contributed by atoms with Crippen LogP contribution in [-0.4, -0.2) is 22.3 Å². The van der Waals surface area contributed by atoms with Crippen molar-refractivity contribution in [2.75, 3.05) is 6.73 Å². The van der Waals surface area contributed by atoms with Crippen molar-refractivity contribution < 1.29 is 19.2 Å². The summed E-state index contributed by atoms with van der Waals surface area (Å²) in [6, 6.07) is 14.9. The highest BCUT2D eigenvalue weighted by molar-refractivity contribution is 6.42. The predicted molar refractivity (Wildman–Crippen MR) is 124 cm³/mol. The fourth-order valence-electron chi connectivity index (χ4n) is 3.88. The number of halogens is 2. The number of nitro groups is 1. The van der Waals surface area contributed by atoms with Crippen LogP contribution >= 0.6 is 23.2 Å². The second-order valence-electron chi connectivity index (χ2n) is 7.72. The van der Waals surface area contributed by atoms with E-state index in [0.29, 0.717) is 52.5 Å². The van der Waals surface area contributed by atoms with Crippen LogP contribution in [0.4, 0.5) is 5.69 Å². The number of carbonyl (C=O) groups is 1. The van der Waals surface area contributed by atoms with Crippen LogP contribution in [0.2, 0.25) is 10.0 Å². The Morgan fingerprint density at radius 2 is 1.94 bits per heavy atom. The van der Waals surface area contributed by atoms with Gasteiger partial charge < -0.3 is 9.47 Å². The molecule has 0 bridgehead atoms. The number of hydrogen-bond donors (Lipinski definition) is 0. The molecule has 2 aliphatic rings. The topological polar surface area (TPSA) is 81.9 Å². The average molecular weight is 483 g/mol. The van der Waals surface area contributed by atoms with E-state index in [1.165, 1.54) is 18.2 Å². The van der Waals surface area contributed by atoms with Gasteiger partial charge in [-0.2, -0.15) is 0 Å². The lowest BCUT2D eigenvalue weighted by atomic mass is 10.0. The van der Waals surface area contributed by atoms with Gasteiger partial charge in [-0.3, -0.25) is 19.8 Å². The van der Waals surface area contributed by atoms with Crippen molar-refractivity contribution in [2.24, 2.45) is 0 Å². The van der Waals surface area contributed by atoms with Gasteiger partial charge in [0.1, 0.15) is 18.2 Å². The van der Waals surface area contributed by atoms with Crippen molar-refractivity contribution in [1.82, 2.24) is 4.90 Å². The summed E-state index contributed by atoms with van der Waals surface area (Å²) in [6.45, 7) is 1.46. The number of non-ortho nitro benzene ring substituents is 1. The van der Waals surface area contributed by atoms with Crippen LogP contribution in [0.5, 0.6) is 11.5 Å². The molecule has 166 valence electrons. The van der Waals surface area contributed by atoms with E-state index < -0.39 is 4.92 Å². The molecule has 3 aromatic carbocycles. The molecule has 0 saturated heterocycles. The fraction of sp³-hybridized carbons (Fsp3) is 0.125. The number of ether oxygens (including phenoxy) is 2. The standard InChI is InChI=1S/C24H16Cl2N2O5/c25-19-6-4-15(9-20(19)26)11-27-12-18-21(32-13-27)7-5-17-23(29)22(33-24(17)18)10-14-2-1-3-16(8-14)28(30)31/h1-10H,11-13H2/b22-10-. The first kappa shape index (κ1) is 21.5. The highest BCUT2D eigenvalue weighted by Crippen LogP contribution is 2.42. The van der Waals surface area contributed by atoms with Gasteiger partial charge in [-0.05, 0) is 41.5 Å². The van der Waals surface area contributed by atoms with E-state index in [0.717, 1.165) is 11.1 Å². The van der Waals surface area contributed by atoms with Crippen molar-refractivity contribution in [3.63, 3.8) is 0 Å². The molecule has 3 aromatic rings. The maximum atomic E-state index is 12.9. The van der Waals surface area contributed by atoms with Gasteiger partial charge in [-0.25, -0.2) is 0 Å². The van der Waals surface area contributed by atoms with Crippen LogP contribution in [0.1, 0.15) is 27.0 Å². The summed E-state index contributed by atoms with van der Waals surface area (Å²) in [6.07, 6.45) is 1.51. The number of Topliss-reactive ketones (excluding diaryl/α,β-unsaturated/α-hetero) is 1. The zero-order valence-electron chi connectivity index (χ0n) is 17.1. The molecule has 7 nitrogen and oxygen atoms in total. The molecule has 9 heteroatoms. The molecule has 0 aromatic heterocycles. The van der Waals surface area contributed by atoms with Gasteiger partial charge in [-0.1, -0.05) is 41.4 Å². The van der Waals surface area contributed by atoms with E-state index >= 15 is 0 Å². The second-order valence-corrected chi connectivity index (χ2v) is 8.53. The second kappa shape index (κ2) is 8.51. The van der Waals surface area contributed by atoms with E-state index in [9.17, 15) is 14.9 Å². The van der Waals surface area contributed by atoms with Gasteiger partial charge in [0.25, 0.3) is 5.69 Å². The monoisotopic (exact) mass is 482 g/mol. The minimum atomic E-state index is -0.482. The van der Waals surface area contributed by atoms with E-state index in [4.69, 9.17) is 32.7 Å². The zero-order chi connectivity index (χ0) is 23.1. The minimum Gasteiger partial charge on any atom is -0.478 e. The Kier molecular flexibility index (Phi) is 5.54. The van der Waals surface area contributed by atoms with Gasteiger partial charge in [0.05, 0.1) is 26.1 Å². The molecule has 0 radical (unpaired) electrons. The SMILES string of the molecule is O=C1/C(=C/c2cccc([N+](=O)[O-])c2)Oc2c1ccc1c2CN(Cc2ccc(Cl)c(Cl)c2)CO1. The van der Waals surface area contributed by atoms with Crippen molar-refractivity contribution >= 4 is 40.7 Å². The lowest BCUT2D eigenvalue weighted by Gasteiger charge is -2.29. The van der Waals surface area contributed by atoms with Crippen molar-refractivity contribution in [3.05, 3.63) is 103 Å². The lowest BCUT2D eigenvalue weighted by Crippen LogP contribution is -2.31. The number of hydrogen-bond acceptors (Lipinski definition) is 6. The maximum Gasteiger partial charge on any atom is 0.270 e. The molecule has 0 N–H and O–H groups in total. The van der Waals surface area contributed by atoms with Crippen LogP contribution in [0, 0.1) is 10.1 Å². The smallest absolute Gasteiger partial charge is 0.270 e. The lowest BCUT2D eigenvalue weighted by molar-refractivity contribution is -0.384. The maximum absolute atomic E-state index is 12.9. The summed E-state index contributed by atoms with van der Waals surface area (Å²) in [5.74, 6) is 0.943. The van der Waals surface area contributed by atoms with Crippen molar-refractivity contribution in [1.29, 1.82) is 0 Å². The first-order valence-electron chi connectivity index (χ1n) is 10.0. The summed E-state index contributed by atoms with van der Waals surface area (Å²) in [4.78, 5) is 25.6. The van der Waals surface area contributed by atoms with Crippen molar-refractivity contribution in [3.8, 4) is 11.5 Å². The summed E-state index contributed by atoms with van der Waals surface area (Å²) in [5, 5.41) is 12.0.